The summed E-state index contributed by atoms with van der Waals surface area (Å²) in [6, 6.07) is 12.3. The lowest BCUT2D eigenvalue weighted by molar-refractivity contribution is -0.673. The Kier molecular flexibility index (Phi) is 15.5. The van der Waals surface area contributed by atoms with Crippen molar-refractivity contribution in [3.8, 4) is 10.6 Å². The van der Waals surface area contributed by atoms with Crippen LogP contribution in [0.1, 0.15) is 50.1 Å². The number of alkyl halides is 24. The molecule has 0 unspecified atom stereocenters. The molecule has 0 saturated carbocycles. The molecule has 0 atom stereocenters. The van der Waals surface area contributed by atoms with Crippen molar-refractivity contribution in [1.82, 2.24) is 0 Å². The number of nitrogens with zero attached hydrogens (tertiary/aromatic N) is 1. The van der Waals surface area contributed by atoms with Gasteiger partial charge in [-0.05, 0) is 36.4 Å². The Labute approximate surface area is 410 Å². The molecule has 0 spiro atoms. The molecule has 1 aromatic heterocycles. The standard InChI is InChI=1S/C32H12BF24.C16H14NS/c34-25(35,36)13-1-14(26(37,38)39)6-21(5-13)33(22-7-15(27(40,41)42)2-16(8-22)28(43,44)45,23-9-17(29(46,47)48)3-18(10-23)30(49,50)51)24-11-19(31(52,53)54)4-20(12-24)32(55,56)57;1-3-7-14(8-4-1)13-17-11-12-18-16(17)15-9-5-2-6-10-15/h1-12H;1-12H,13H2/q-1;+1. The Morgan fingerprint density at radius 3 is 0.800 bits per heavy atom. The van der Waals surface area contributed by atoms with Crippen LogP contribution in [0, 0.1) is 0 Å². The third-order valence-electron chi connectivity index (χ3n) is 11.3. The Morgan fingerprint density at radius 1 is 0.320 bits per heavy atom. The molecule has 0 aliphatic rings. The second kappa shape index (κ2) is 20.1. The summed E-state index contributed by atoms with van der Waals surface area (Å²) >= 11 is 1.78. The molecule has 0 radical (unpaired) electrons. The first-order chi connectivity index (χ1) is 34.2. The molecule has 0 amide bonds. The van der Waals surface area contributed by atoms with Gasteiger partial charge in [0, 0.05) is 5.56 Å². The van der Waals surface area contributed by atoms with Crippen molar-refractivity contribution in [2.45, 2.75) is 56.0 Å². The second-order valence-electron chi connectivity index (χ2n) is 16.4. The molecular weight excluding hydrogens is 1090 g/mol. The number of aromatic nitrogens is 1. The van der Waals surface area contributed by atoms with Crippen molar-refractivity contribution in [1.29, 1.82) is 0 Å². The molecule has 400 valence electrons. The summed E-state index contributed by atoms with van der Waals surface area (Å²) in [6.07, 6.45) is -52.7. The van der Waals surface area contributed by atoms with Crippen LogP contribution in [0.2, 0.25) is 0 Å². The molecule has 0 aliphatic carbocycles. The van der Waals surface area contributed by atoms with Crippen molar-refractivity contribution < 1.29 is 110 Å². The highest BCUT2D eigenvalue weighted by Crippen LogP contribution is 2.41. The summed E-state index contributed by atoms with van der Waals surface area (Å²) in [5, 5.41) is 3.45. The van der Waals surface area contributed by atoms with E-state index in [1.807, 2.05) is 0 Å². The minimum atomic E-state index is -6.13. The lowest BCUT2D eigenvalue weighted by atomic mass is 9.12. The van der Waals surface area contributed by atoms with Gasteiger partial charge in [-0.1, -0.05) is 108 Å². The lowest BCUT2D eigenvalue weighted by Gasteiger charge is -2.46. The van der Waals surface area contributed by atoms with Crippen LogP contribution in [-0.2, 0) is 56.0 Å². The normalized spacial score (nSPS) is 13.4. The van der Waals surface area contributed by atoms with Crippen LogP contribution in [0.3, 0.4) is 0 Å². The van der Waals surface area contributed by atoms with E-state index >= 15 is 0 Å². The van der Waals surface area contributed by atoms with Gasteiger partial charge in [-0.2, -0.15) is 132 Å². The molecule has 0 saturated heterocycles. The third-order valence-corrected chi connectivity index (χ3v) is 12.3. The van der Waals surface area contributed by atoms with Crippen molar-refractivity contribution in [3.63, 3.8) is 0 Å². The van der Waals surface area contributed by atoms with Crippen LogP contribution in [-0.4, -0.2) is 6.15 Å². The second-order valence-corrected chi connectivity index (χ2v) is 17.3. The largest absolute Gasteiger partial charge is 0.416 e. The Bertz CT molecular complexity index is 2680. The summed E-state index contributed by atoms with van der Waals surface area (Å²) in [4.78, 5) is 0. The van der Waals surface area contributed by atoms with E-state index in [4.69, 9.17) is 0 Å². The van der Waals surface area contributed by atoms with Gasteiger partial charge in [0.15, 0.2) is 12.7 Å². The molecule has 0 aliphatic heterocycles. The van der Waals surface area contributed by atoms with E-state index in [9.17, 15) is 105 Å². The van der Waals surface area contributed by atoms with Crippen molar-refractivity contribution in [2.75, 3.05) is 0 Å². The first kappa shape index (κ1) is 57.6. The van der Waals surface area contributed by atoms with E-state index < -0.39 is 195 Å². The molecule has 0 bridgehead atoms. The van der Waals surface area contributed by atoms with E-state index in [0.717, 1.165) is 6.54 Å². The first-order valence-corrected chi connectivity index (χ1v) is 21.5. The maximum Gasteiger partial charge on any atom is 0.416 e. The molecule has 7 rings (SSSR count). The number of rotatable bonds is 7. The minimum Gasteiger partial charge on any atom is -0.194 e. The Morgan fingerprint density at radius 2 is 0.560 bits per heavy atom. The fourth-order valence-corrected chi connectivity index (χ4v) is 8.96. The number of hydrogen-bond acceptors (Lipinski definition) is 1. The van der Waals surface area contributed by atoms with E-state index in [1.165, 1.54) is 16.1 Å². The van der Waals surface area contributed by atoms with Crippen LogP contribution in [0.25, 0.3) is 10.6 Å². The van der Waals surface area contributed by atoms with Gasteiger partial charge in [0.2, 0.25) is 0 Å². The molecule has 0 fully saturated rings. The smallest absolute Gasteiger partial charge is 0.194 e. The van der Waals surface area contributed by atoms with Gasteiger partial charge >= 0.3 is 49.4 Å². The van der Waals surface area contributed by atoms with Crippen molar-refractivity contribution in [2.24, 2.45) is 0 Å². The minimum absolute atomic E-state index is 0.691. The van der Waals surface area contributed by atoms with Gasteiger partial charge in [0.1, 0.15) is 6.15 Å². The van der Waals surface area contributed by atoms with Gasteiger partial charge in [-0.15, -0.1) is 0 Å². The van der Waals surface area contributed by atoms with E-state index in [1.54, 1.807) is 11.3 Å². The van der Waals surface area contributed by atoms with Gasteiger partial charge < -0.3 is 0 Å². The number of benzene rings is 6. The van der Waals surface area contributed by atoms with Crippen LogP contribution in [0.4, 0.5) is 105 Å². The van der Waals surface area contributed by atoms with Crippen LogP contribution >= 0.6 is 11.3 Å². The maximum absolute atomic E-state index is 14.2. The zero-order chi connectivity index (χ0) is 56.1. The van der Waals surface area contributed by atoms with Gasteiger partial charge in [-0.25, -0.2) is 0 Å². The summed E-state index contributed by atoms with van der Waals surface area (Å²) in [7, 11) is 0. The SMILES string of the molecule is FC(F)(F)c1cc([B-](c2cc(C(F)(F)F)cc(C(F)(F)F)c2)(c2cc(C(F)(F)F)cc(C(F)(F)F)c2)c2cc(C(F)(F)F)cc(C(F)(F)F)c2)cc(C(F)(F)F)c1.c1ccc(C[n+]2ccsc2-c2ccccc2)cc1. The first-order valence-electron chi connectivity index (χ1n) is 20.6. The maximum atomic E-state index is 14.2. The van der Waals surface area contributed by atoms with Gasteiger partial charge in [0.05, 0.1) is 55.5 Å². The Balaban J connectivity index is 0.000000421. The predicted molar refractivity (Wildman–Crippen MR) is 226 cm³/mol. The Hall–Kier alpha value is -6.67. The fourth-order valence-electron chi connectivity index (χ4n) is 8.09. The van der Waals surface area contributed by atoms with E-state index in [2.05, 4.69) is 76.8 Å². The molecule has 7 aromatic rings. The van der Waals surface area contributed by atoms with Crippen LogP contribution in [0.15, 0.2) is 145 Å². The fraction of sp³-hybridized carbons (Fsp3) is 0.188. The average Bonchev–Trinajstić information content (AvgIpc) is 3.75. The molecule has 1 nitrogen and oxygen atoms in total. The van der Waals surface area contributed by atoms with Gasteiger partial charge in [0.25, 0.3) is 5.01 Å². The quantitative estimate of drug-likeness (QED) is 0.0851. The number of hydrogen-bond donors (Lipinski definition) is 0. The number of halogens is 24. The average molecular weight is 1120 g/mol. The van der Waals surface area contributed by atoms with Gasteiger partial charge in [-0.3, -0.25) is 0 Å². The third kappa shape index (κ3) is 13.2. The molecule has 1 heterocycles. The highest BCUT2D eigenvalue weighted by atomic mass is 32.1. The monoisotopic (exact) mass is 1120 g/mol. The zero-order valence-electron chi connectivity index (χ0n) is 36.6. The molecule has 6 aromatic carbocycles. The zero-order valence-corrected chi connectivity index (χ0v) is 37.4. The summed E-state index contributed by atoms with van der Waals surface area (Å²) in [6.45, 7) is 0.925. The summed E-state index contributed by atoms with van der Waals surface area (Å²) in [5.74, 6) is 0. The van der Waals surface area contributed by atoms with E-state index in [-0.39, 0.29) is 0 Å². The summed E-state index contributed by atoms with van der Waals surface area (Å²) in [5.41, 5.74) is -27.6. The van der Waals surface area contributed by atoms with Crippen molar-refractivity contribution >= 4 is 39.3 Å². The molecular formula is C48H26BF24NS. The number of thiazole rings is 1. The highest BCUT2D eigenvalue weighted by Gasteiger charge is 2.47. The van der Waals surface area contributed by atoms with Crippen molar-refractivity contribution in [3.05, 3.63) is 195 Å². The van der Waals surface area contributed by atoms with Crippen LogP contribution < -0.4 is 26.4 Å². The predicted octanol–water partition coefficient (Wildman–Crippen LogP) is 15.0. The molecule has 75 heavy (non-hydrogen) atoms. The summed E-state index contributed by atoms with van der Waals surface area (Å²) < 4.78 is 343. The van der Waals surface area contributed by atoms with E-state index in [0.29, 0.717) is 0 Å². The lowest BCUT2D eigenvalue weighted by Crippen LogP contribution is -2.75. The van der Waals surface area contributed by atoms with Crippen LogP contribution in [0.5, 0.6) is 0 Å². The highest BCUT2D eigenvalue weighted by molar-refractivity contribution is 7.20. The molecule has 0 N–H and O–H groups in total. The topological polar surface area (TPSA) is 3.88 Å². The molecule has 27 heteroatoms.